The number of likely N-dealkylation sites (N-methyl/N-ethyl adjacent to an activating group) is 1. The van der Waals surface area contributed by atoms with Crippen LogP contribution < -0.4 is 9.47 Å². The van der Waals surface area contributed by atoms with Gasteiger partial charge >= 0.3 is 0 Å². The van der Waals surface area contributed by atoms with Crippen LogP contribution in [0.5, 0.6) is 11.5 Å². The molecule has 96 valence electrons. The van der Waals surface area contributed by atoms with Gasteiger partial charge < -0.3 is 9.47 Å². The fraction of sp³-hybridized carbons (Fsp3) is 0.500. The molecule has 1 aromatic rings. The van der Waals surface area contributed by atoms with E-state index in [1.807, 2.05) is 12.1 Å². The molecular weight excluding hydrogens is 228 g/mol. The van der Waals surface area contributed by atoms with Crippen molar-refractivity contribution in [2.24, 2.45) is 0 Å². The van der Waals surface area contributed by atoms with Crippen LogP contribution in [0.3, 0.4) is 0 Å². The fourth-order valence-electron chi connectivity index (χ4n) is 2.51. The maximum absolute atomic E-state index is 8.96. The van der Waals surface area contributed by atoms with Crippen molar-refractivity contribution >= 4 is 0 Å². The Balaban J connectivity index is 2.48. The Morgan fingerprint density at radius 1 is 1.33 bits per heavy atom. The molecule has 0 aliphatic carbocycles. The smallest absolute Gasteiger partial charge is 0.161 e. The first-order valence-electron chi connectivity index (χ1n) is 6.03. The predicted molar refractivity (Wildman–Crippen MR) is 68.9 cm³/mol. The minimum Gasteiger partial charge on any atom is -0.493 e. The summed E-state index contributed by atoms with van der Waals surface area (Å²) < 4.78 is 10.7. The molecule has 0 radical (unpaired) electrons. The summed E-state index contributed by atoms with van der Waals surface area (Å²) >= 11 is 0. The monoisotopic (exact) mass is 246 g/mol. The van der Waals surface area contributed by atoms with E-state index in [-0.39, 0.29) is 6.04 Å². The Kier molecular flexibility index (Phi) is 3.73. The van der Waals surface area contributed by atoms with Gasteiger partial charge in [0.2, 0.25) is 0 Å². The molecule has 4 heteroatoms. The summed E-state index contributed by atoms with van der Waals surface area (Å²) in [6, 6.07) is 6.45. The summed E-state index contributed by atoms with van der Waals surface area (Å²) in [4.78, 5) is 2.22. The number of hydrogen-bond donors (Lipinski definition) is 0. The minimum atomic E-state index is 0.151. The van der Waals surface area contributed by atoms with E-state index in [2.05, 4.69) is 18.0 Å². The van der Waals surface area contributed by atoms with E-state index in [0.717, 1.165) is 24.5 Å². The van der Waals surface area contributed by atoms with E-state index in [1.54, 1.807) is 14.2 Å². The van der Waals surface area contributed by atoms with Crippen LogP contribution in [-0.2, 0) is 6.42 Å². The number of fused-ring (bicyclic) bond motifs is 1. The molecular formula is C14H18N2O2. The lowest BCUT2D eigenvalue weighted by Crippen LogP contribution is -2.32. The molecule has 0 spiro atoms. The Bertz CT molecular complexity index is 479. The van der Waals surface area contributed by atoms with Gasteiger partial charge in [-0.25, -0.2) is 0 Å². The third kappa shape index (κ3) is 2.14. The van der Waals surface area contributed by atoms with E-state index in [9.17, 15) is 0 Å². The van der Waals surface area contributed by atoms with Crippen LogP contribution >= 0.6 is 0 Å². The van der Waals surface area contributed by atoms with Gasteiger partial charge in [0, 0.05) is 12.6 Å². The second-order valence-corrected chi connectivity index (χ2v) is 4.51. The molecule has 2 rings (SSSR count). The van der Waals surface area contributed by atoms with Crippen LogP contribution in [0, 0.1) is 11.3 Å². The Morgan fingerprint density at radius 2 is 2.00 bits per heavy atom. The number of rotatable bonds is 3. The molecule has 18 heavy (non-hydrogen) atoms. The molecule has 0 fully saturated rings. The van der Waals surface area contributed by atoms with Crippen LogP contribution in [0.2, 0.25) is 0 Å². The molecule has 4 nitrogen and oxygen atoms in total. The Hall–Kier alpha value is -1.73. The highest BCUT2D eigenvalue weighted by Gasteiger charge is 2.26. The van der Waals surface area contributed by atoms with Crippen LogP contribution in [-0.4, -0.2) is 32.7 Å². The van der Waals surface area contributed by atoms with E-state index in [0.29, 0.717) is 6.42 Å². The SMILES string of the molecule is COc1cc2c(cc1OC)C(CC#N)N(C)CC2. The van der Waals surface area contributed by atoms with Gasteiger partial charge in [0.05, 0.1) is 26.7 Å². The largest absolute Gasteiger partial charge is 0.493 e. The van der Waals surface area contributed by atoms with Crippen molar-refractivity contribution in [3.8, 4) is 17.6 Å². The standard InChI is InChI=1S/C14H18N2O2/c1-16-7-5-10-8-13(17-2)14(18-3)9-11(10)12(16)4-6-15/h8-9,12H,4-5,7H2,1-3H3. The maximum Gasteiger partial charge on any atom is 0.161 e. The summed E-state index contributed by atoms with van der Waals surface area (Å²) in [5.41, 5.74) is 2.44. The van der Waals surface area contributed by atoms with Crippen molar-refractivity contribution in [2.45, 2.75) is 18.9 Å². The molecule has 1 aliphatic rings. The summed E-state index contributed by atoms with van der Waals surface area (Å²) in [6.07, 6.45) is 1.48. The first-order valence-corrected chi connectivity index (χ1v) is 6.03. The Labute approximate surface area is 108 Å². The molecule has 0 N–H and O–H groups in total. The summed E-state index contributed by atoms with van der Waals surface area (Å²) in [5, 5.41) is 8.96. The van der Waals surface area contributed by atoms with E-state index >= 15 is 0 Å². The highest BCUT2D eigenvalue weighted by Crippen LogP contribution is 2.38. The quantitative estimate of drug-likeness (QED) is 0.819. The highest BCUT2D eigenvalue weighted by molar-refractivity contribution is 5.49. The molecule has 0 amide bonds. The number of nitriles is 1. The third-order valence-corrected chi connectivity index (χ3v) is 3.55. The molecule has 1 unspecified atom stereocenters. The van der Waals surface area contributed by atoms with Gasteiger partial charge in [0.15, 0.2) is 11.5 Å². The summed E-state index contributed by atoms with van der Waals surface area (Å²) in [7, 11) is 5.34. The van der Waals surface area contributed by atoms with Crippen LogP contribution in [0.25, 0.3) is 0 Å². The van der Waals surface area contributed by atoms with Gasteiger partial charge in [-0.05, 0) is 36.7 Å². The average molecular weight is 246 g/mol. The van der Waals surface area contributed by atoms with E-state index in [1.165, 1.54) is 11.1 Å². The second kappa shape index (κ2) is 5.28. The van der Waals surface area contributed by atoms with Crippen molar-refractivity contribution < 1.29 is 9.47 Å². The van der Waals surface area contributed by atoms with Crippen molar-refractivity contribution in [3.63, 3.8) is 0 Å². The number of benzene rings is 1. The number of hydrogen-bond acceptors (Lipinski definition) is 4. The van der Waals surface area contributed by atoms with E-state index in [4.69, 9.17) is 14.7 Å². The van der Waals surface area contributed by atoms with Gasteiger partial charge in [-0.2, -0.15) is 5.26 Å². The highest BCUT2D eigenvalue weighted by atomic mass is 16.5. The summed E-state index contributed by atoms with van der Waals surface area (Å²) in [5.74, 6) is 1.49. The molecule has 1 heterocycles. The lowest BCUT2D eigenvalue weighted by Gasteiger charge is -2.33. The molecule has 0 saturated carbocycles. The van der Waals surface area contributed by atoms with Crippen LogP contribution in [0.15, 0.2) is 12.1 Å². The molecule has 1 atom stereocenters. The zero-order valence-electron chi connectivity index (χ0n) is 11.1. The molecule has 0 bridgehead atoms. The lowest BCUT2D eigenvalue weighted by molar-refractivity contribution is 0.232. The topological polar surface area (TPSA) is 45.5 Å². The first kappa shape index (κ1) is 12.7. The minimum absolute atomic E-state index is 0.151. The Morgan fingerprint density at radius 3 is 2.61 bits per heavy atom. The zero-order valence-corrected chi connectivity index (χ0v) is 11.1. The van der Waals surface area contributed by atoms with Crippen LogP contribution in [0.1, 0.15) is 23.6 Å². The van der Waals surface area contributed by atoms with E-state index < -0.39 is 0 Å². The molecule has 0 saturated heterocycles. The van der Waals surface area contributed by atoms with Gasteiger partial charge in [-0.15, -0.1) is 0 Å². The fourth-order valence-corrected chi connectivity index (χ4v) is 2.51. The molecule has 0 aromatic heterocycles. The third-order valence-electron chi connectivity index (χ3n) is 3.55. The van der Waals surface area contributed by atoms with Crippen molar-refractivity contribution in [2.75, 3.05) is 27.8 Å². The van der Waals surface area contributed by atoms with Gasteiger partial charge in [0.1, 0.15) is 0 Å². The number of ether oxygens (including phenoxy) is 2. The predicted octanol–water partition coefficient (Wildman–Crippen LogP) is 2.15. The number of methoxy groups -OCH3 is 2. The van der Waals surface area contributed by atoms with Crippen molar-refractivity contribution in [1.82, 2.24) is 4.90 Å². The maximum atomic E-state index is 8.96. The number of nitrogens with zero attached hydrogens (tertiary/aromatic N) is 2. The average Bonchev–Trinajstić information content (AvgIpc) is 2.40. The lowest BCUT2D eigenvalue weighted by atomic mass is 9.91. The van der Waals surface area contributed by atoms with Gasteiger partial charge in [-0.1, -0.05) is 0 Å². The van der Waals surface area contributed by atoms with Crippen LogP contribution in [0.4, 0.5) is 0 Å². The van der Waals surface area contributed by atoms with Gasteiger partial charge in [-0.3, -0.25) is 4.90 Å². The molecule has 1 aliphatic heterocycles. The molecule has 1 aromatic carbocycles. The summed E-state index contributed by atoms with van der Waals surface area (Å²) in [6.45, 7) is 0.967. The first-order chi connectivity index (χ1) is 8.71. The normalized spacial score (nSPS) is 18.9. The van der Waals surface area contributed by atoms with Gasteiger partial charge in [0.25, 0.3) is 0 Å². The zero-order chi connectivity index (χ0) is 13.1. The second-order valence-electron chi connectivity index (χ2n) is 4.51. The van der Waals surface area contributed by atoms with Crippen molar-refractivity contribution in [3.05, 3.63) is 23.3 Å². The van der Waals surface area contributed by atoms with Crippen molar-refractivity contribution in [1.29, 1.82) is 5.26 Å².